The van der Waals surface area contributed by atoms with Crippen molar-refractivity contribution in [3.63, 3.8) is 0 Å². The number of carbonyl (C=O) groups is 1. The van der Waals surface area contributed by atoms with Gasteiger partial charge in [-0.2, -0.15) is 0 Å². The minimum absolute atomic E-state index is 0.0632. The van der Waals surface area contributed by atoms with Crippen LogP contribution in [0.3, 0.4) is 0 Å². The van der Waals surface area contributed by atoms with Gasteiger partial charge in [-0.25, -0.2) is 13.2 Å². The fourth-order valence-electron chi connectivity index (χ4n) is 4.49. The second-order valence-corrected chi connectivity index (χ2v) is 9.80. The number of nitrogens with one attached hydrogen (secondary N) is 1. The fourth-order valence-corrected chi connectivity index (χ4v) is 6.26. The summed E-state index contributed by atoms with van der Waals surface area (Å²) in [5.41, 5.74) is 0.341. The van der Waals surface area contributed by atoms with E-state index in [0.29, 0.717) is 11.8 Å². The van der Waals surface area contributed by atoms with Crippen molar-refractivity contribution < 1.29 is 13.2 Å². The molecule has 3 rings (SSSR count). The van der Waals surface area contributed by atoms with Gasteiger partial charge in [-0.3, -0.25) is 0 Å². The molecule has 1 saturated carbocycles. The molecule has 126 valence electrons. The number of piperidine rings is 1. The normalized spacial score (nSPS) is 30.4. The standard InChI is InChI=1S/C16H28N2O3S/c19-15(17-12-14-6-4-11-22(14,20)21)18-10-5-9-16(13-18)7-2-1-3-8-16/h14H,1-13H2,(H,17,19). The summed E-state index contributed by atoms with van der Waals surface area (Å²) in [4.78, 5) is 14.3. The number of amides is 2. The lowest BCUT2D eigenvalue weighted by atomic mass is 9.69. The Morgan fingerprint density at radius 2 is 1.82 bits per heavy atom. The Morgan fingerprint density at radius 1 is 1.09 bits per heavy atom. The first-order chi connectivity index (χ1) is 10.5. The molecule has 2 aliphatic heterocycles. The first-order valence-electron chi connectivity index (χ1n) is 8.75. The summed E-state index contributed by atoms with van der Waals surface area (Å²) < 4.78 is 23.7. The van der Waals surface area contributed by atoms with Gasteiger partial charge in [0.1, 0.15) is 0 Å². The zero-order chi connectivity index (χ0) is 15.6. The number of carbonyl (C=O) groups excluding carboxylic acids is 1. The van der Waals surface area contributed by atoms with Gasteiger partial charge in [0.15, 0.2) is 9.84 Å². The highest BCUT2D eigenvalue weighted by Gasteiger charge is 2.38. The molecule has 0 aromatic carbocycles. The molecule has 0 radical (unpaired) electrons. The predicted octanol–water partition coefficient (Wildman–Crippen LogP) is 2.32. The molecular weight excluding hydrogens is 300 g/mol. The zero-order valence-electron chi connectivity index (χ0n) is 13.3. The highest BCUT2D eigenvalue weighted by atomic mass is 32.2. The number of sulfone groups is 1. The van der Waals surface area contributed by atoms with Crippen molar-refractivity contribution in [1.29, 1.82) is 0 Å². The number of hydrogen-bond acceptors (Lipinski definition) is 3. The van der Waals surface area contributed by atoms with Crippen molar-refractivity contribution in [3.8, 4) is 0 Å². The summed E-state index contributed by atoms with van der Waals surface area (Å²) in [6.07, 6.45) is 10.1. The summed E-state index contributed by atoms with van der Waals surface area (Å²) >= 11 is 0. The number of urea groups is 1. The third-order valence-corrected chi connectivity index (χ3v) is 8.08. The number of nitrogens with zero attached hydrogens (tertiary/aromatic N) is 1. The third-order valence-electron chi connectivity index (χ3n) is 5.81. The Kier molecular flexibility index (Phi) is 4.67. The Labute approximate surface area is 133 Å². The molecular formula is C16H28N2O3S. The van der Waals surface area contributed by atoms with Crippen LogP contribution in [0.1, 0.15) is 57.8 Å². The topological polar surface area (TPSA) is 66.5 Å². The van der Waals surface area contributed by atoms with E-state index in [4.69, 9.17) is 0 Å². The lowest BCUT2D eigenvalue weighted by molar-refractivity contribution is 0.0707. The van der Waals surface area contributed by atoms with Gasteiger partial charge < -0.3 is 10.2 Å². The van der Waals surface area contributed by atoms with Crippen molar-refractivity contribution in [2.45, 2.75) is 63.0 Å². The summed E-state index contributed by atoms with van der Waals surface area (Å²) in [5.74, 6) is 0.278. The Morgan fingerprint density at radius 3 is 2.50 bits per heavy atom. The van der Waals surface area contributed by atoms with Gasteiger partial charge in [0.05, 0.1) is 11.0 Å². The summed E-state index contributed by atoms with van der Waals surface area (Å²) in [6.45, 7) is 1.95. The van der Waals surface area contributed by atoms with Crippen molar-refractivity contribution in [2.75, 3.05) is 25.4 Å². The first-order valence-corrected chi connectivity index (χ1v) is 10.5. The van der Waals surface area contributed by atoms with E-state index < -0.39 is 9.84 Å². The largest absolute Gasteiger partial charge is 0.337 e. The van der Waals surface area contributed by atoms with Crippen molar-refractivity contribution in [2.24, 2.45) is 5.41 Å². The summed E-state index contributed by atoms with van der Waals surface area (Å²) in [6, 6.07) is -0.0632. The molecule has 0 bridgehead atoms. The van der Waals surface area contributed by atoms with Gasteiger partial charge in [0.25, 0.3) is 0 Å². The van der Waals surface area contributed by atoms with Gasteiger partial charge in [-0.05, 0) is 43.9 Å². The Bertz CT molecular complexity index is 506. The van der Waals surface area contributed by atoms with Crippen LogP contribution in [0.25, 0.3) is 0 Å². The van der Waals surface area contributed by atoms with Gasteiger partial charge in [0, 0.05) is 19.6 Å². The SMILES string of the molecule is O=C(NCC1CCCS1(=O)=O)N1CCCC2(CCCCC2)C1. The van der Waals surface area contributed by atoms with Crippen LogP contribution in [0.4, 0.5) is 4.79 Å². The van der Waals surface area contributed by atoms with E-state index in [9.17, 15) is 13.2 Å². The number of hydrogen-bond donors (Lipinski definition) is 1. The minimum Gasteiger partial charge on any atom is -0.337 e. The summed E-state index contributed by atoms with van der Waals surface area (Å²) in [7, 11) is -2.97. The molecule has 0 aromatic rings. The predicted molar refractivity (Wildman–Crippen MR) is 86.5 cm³/mol. The molecule has 1 spiro atoms. The second-order valence-electron chi connectivity index (χ2n) is 7.40. The van der Waals surface area contributed by atoms with Crippen LogP contribution >= 0.6 is 0 Å². The Balaban J connectivity index is 1.53. The molecule has 2 heterocycles. The third kappa shape index (κ3) is 3.42. The average Bonchev–Trinajstić information content (AvgIpc) is 2.84. The van der Waals surface area contributed by atoms with Crippen LogP contribution in [0, 0.1) is 5.41 Å². The zero-order valence-corrected chi connectivity index (χ0v) is 14.2. The van der Waals surface area contributed by atoms with Crippen LogP contribution in [0.5, 0.6) is 0 Å². The van der Waals surface area contributed by atoms with E-state index >= 15 is 0 Å². The molecule has 0 aromatic heterocycles. The maximum Gasteiger partial charge on any atom is 0.317 e. The molecule has 2 saturated heterocycles. The molecule has 2 amide bonds. The average molecular weight is 328 g/mol. The molecule has 1 aliphatic carbocycles. The van der Waals surface area contributed by atoms with E-state index in [-0.39, 0.29) is 23.6 Å². The van der Waals surface area contributed by atoms with Crippen LogP contribution in [0.2, 0.25) is 0 Å². The van der Waals surface area contributed by atoms with Gasteiger partial charge in [-0.1, -0.05) is 19.3 Å². The Hall–Kier alpha value is -0.780. The highest BCUT2D eigenvalue weighted by Crippen LogP contribution is 2.43. The minimum atomic E-state index is -2.97. The molecule has 6 heteroatoms. The van der Waals surface area contributed by atoms with Crippen LogP contribution in [-0.2, 0) is 9.84 Å². The van der Waals surface area contributed by atoms with Gasteiger partial charge in [-0.15, -0.1) is 0 Å². The van der Waals surface area contributed by atoms with Crippen LogP contribution < -0.4 is 5.32 Å². The number of likely N-dealkylation sites (tertiary alicyclic amines) is 1. The van der Waals surface area contributed by atoms with Gasteiger partial charge >= 0.3 is 6.03 Å². The lowest BCUT2D eigenvalue weighted by Crippen LogP contribution is -2.51. The molecule has 3 aliphatic rings. The quantitative estimate of drug-likeness (QED) is 0.846. The lowest BCUT2D eigenvalue weighted by Gasteiger charge is -2.45. The van der Waals surface area contributed by atoms with E-state index in [0.717, 1.165) is 25.9 Å². The highest BCUT2D eigenvalue weighted by molar-refractivity contribution is 7.92. The van der Waals surface area contributed by atoms with Crippen molar-refractivity contribution in [1.82, 2.24) is 10.2 Å². The molecule has 1 unspecified atom stereocenters. The smallest absolute Gasteiger partial charge is 0.317 e. The molecule has 1 N–H and O–H groups in total. The van der Waals surface area contributed by atoms with Crippen molar-refractivity contribution in [3.05, 3.63) is 0 Å². The molecule has 22 heavy (non-hydrogen) atoms. The monoisotopic (exact) mass is 328 g/mol. The fraction of sp³-hybridized carbons (Fsp3) is 0.938. The summed E-state index contributed by atoms with van der Waals surface area (Å²) in [5, 5.41) is 2.51. The van der Waals surface area contributed by atoms with Crippen molar-refractivity contribution >= 4 is 15.9 Å². The first kappa shape index (κ1) is 16.1. The van der Waals surface area contributed by atoms with E-state index in [1.807, 2.05) is 4.90 Å². The van der Waals surface area contributed by atoms with Crippen LogP contribution in [-0.4, -0.2) is 50.0 Å². The van der Waals surface area contributed by atoms with Crippen LogP contribution in [0.15, 0.2) is 0 Å². The van der Waals surface area contributed by atoms with Gasteiger partial charge in [0.2, 0.25) is 0 Å². The second kappa shape index (κ2) is 6.38. The molecule has 3 fully saturated rings. The van der Waals surface area contributed by atoms with E-state index in [2.05, 4.69) is 5.32 Å². The maximum absolute atomic E-state index is 12.4. The van der Waals surface area contributed by atoms with E-state index in [1.165, 1.54) is 38.5 Å². The molecule has 1 atom stereocenters. The maximum atomic E-state index is 12.4. The number of rotatable bonds is 2. The molecule has 5 nitrogen and oxygen atoms in total. The van der Waals surface area contributed by atoms with E-state index in [1.54, 1.807) is 0 Å².